The van der Waals surface area contributed by atoms with E-state index in [-0.39, 0.29) is 6.42 Å². The Hall–Kier alpha value is -1.08. The predicted molar refractivity (Wildman–Crippen MR) is 67.9 cm³/mol. The number of halogens is 4. The number of aryl methyl sites for hydroxylation is 2. The molecule has 0 radical (unpaired) electrons. The fraction of sp³-hybridized carbons (Fsp3) is 0.667. The van der Waals surface area contributed by atoms with Crippen LogP contribution in [0.2, 0.25) is 5.02 Å². The molecule has 0 aliphatic rings. The minimum absolute atomic E-state index is 0.0858. The lowest BCUT2D eigenvalue weighted by atomic mass is 10.2. The van der Waals surface area contributed by atoms with Crippen molar-refractivity contribution >= 4 is 17.4 Å². The molecule has 114 valence electrons. The third kappa shape index (κ3) is 4.79. The fourth-order valence-electron chi connectivity index (χ4n) is 1.70. The Morgan fingerprint density at radius 3 is 2.55 bits per heavy atom. The van der Waals surface area contributed by atoms with Gasteiger partial charge >= 0.3 is 6.18 Å². The van der Waals surface area contributed by atoms with Crippen LogP contribution in [-0.4, -0.2) is 35.0 Å². The van der Waals surface area contributed by atoms with Gasteiger partial charge in [0.1, 0.15) is 13.2 Å². The highest BCUT2D eigenvalue weighted by Crippen LogP contribution is 2.22. The van der Waals surface area contributed by atoms with Crippen LogP contribution in [-0.2, 0) is 28.9 Å². The molecule has 0 N–H and O–H groups in total. The SMILES string of the molecule is CCc1nn(CC)c(CC(=O)COCC(F)(F)F)c1Cl. The van der Waals surface area contributed by atoms with Crippen molar-refractivity contribution in [3.63, 3.8) is 0 Å². The van der Waals surface area contributed by atoms with Gasteiger partial charge in [-0.05, 0) is 13.3 Å². The minimum Gasteiger partial charge on any atom is -0.364 e. The summed E-state index contributed by atoms with van der Waals surface area (Å²) in [6, 6.07) is 0. The van der Waals surface area contributed by atoms with Crippen LogP contribution in [0.5, 0.6) is 0 Å². The molecule has 0 saturated carbocycles. The number of ether oxygens (including phenoxy) is 1. The third-order valence-electron chi connectivity index (χ3n) is 2.59. The predicted octanol–water partition coefficient (Wildman–Crippen LogP) is 2.81. The van der Waals surface area contributed by atoms with Gasteiger partial charge in [-0.1, -0.05) is 18.5 Å². The van der Waals surface area contributed by atoms with E-state index in [0.29, 0.717) is 29.4 Å². The molecular formula is C12H16ClF3N2O2. The molecule has 4 nitrogen and oxygen atoms in total. The smallest absolute Gasteiger partial charge is 0.364 e. The van der Waals surface area contributed by atoms with Gasteiger partial charge < -0.3 is 4.74 Å². The van der Waals surface area contributed by atoms with E-state index in [0.717, 1.165) is 0 Å². The summed E-state index contributed by atoms with van der Waals surface area (Å²) >= 11 is 6.10. The van der Waals surface area contributed by atoms with E-state index in [2.05, 4.69) is 9.84 Å². The van der Waals surface area contributed by atoms with Gasteiger partial charge in [0.15, 0.2) is 5.78 Å². The van der Waals surface area contributed by atoms with Gasteiger partial charge in [0.25, 0.3) is 0 Å². The molecule has 1 aromatic rings. The number of aromatic nitrogens is 2. The molecule has 20 heavy (non-hydrogen) atoms. The Bertz CT molecular complexity index is 472. The largest absolute Gasteiger partial charge is 0.411 e. The van der Waals surface area contributed by atoms with Gasteiger partial charge in [-0.15, -0.1) is 0 Å². The monoisotopic (exact) mass is 312 g/mol. The quantitative estimate of drug-likeness (QED) is 0.777. The van der Waals surface area contributed by atoms with Crippen molar-refractivity contribution in [1.29, 1.82) is 0 Å². The summed E-state index contributed by atoms with van der Waals surface area (Å²) in [7, 11) is 0. The highest BCUT2D eigenvalue weighted by atomic mass is 35.5. The number of rotatable bonds is 7. The van der Waals surface area contributed by atoms with E-state index >= 15 is 0 Å². The lowest BCUT2D eigenvalue weighted by Gasteiger charge is -2.08. The lowest BCUT2D eigenvalue weighted by Crippen LogP contribution is -2.21. The zero-order chi connectivity index (χ0) is 15.3. The van der Waals surface area contributed by atoms with Crippen LogP contribution in [0.15, 0.2) is 0 Å². The molecule has 0 saturated heterocycles. The Morgan fingerprint density at radius 2 is 2.05 bits per heavy atom. The highest BCUT2D eigenvalue weighted by molar-refractivity contribution is 6.32. The van der Waals surface area contributed by atoms with Crippen LogP contribution in [0, 0.1) is 0 Å². The minimum atomic E-state index is -4.43. The first kappa shape index (κ1) is 17.0. The molecule has 0 fully saturated rings. The van der Waals surface area contributed by atoms with Crippen molar-refractivity contribution in [2.75, 3.05) is 13.2 Å². The molecule has 0 bridgehead atoms. The van der Waals surface area contributed by atoms with Gasteiger partial charge in [0.2, 0.25) is 0 Å². The number of nitrogens with zero attached hydrogens (tertiary/aromatic N) is 2. The van der Waals surface area contributed by atoms with Crippen LogP contribution < -0.4 is 0 Å². The molecule has 1 rings (SSSR count). The first-order valence-electron chi connectivity index (χ1n) is 6.18. The van der Waals surface area contributed by atoms with E-state index in [1.807, 2.05) is 13.8 Å². The van der Waals surface area contributed by atoms with Gasteiger partial charge in [0, 0.05) is 6.54 Å². The van der Waals surface area contributed by atoms with Crippen LogP contribution >= 0.6 is 11.6 Å². The normalized spacial score (nSPS) is 11.9. The van der Waals surface area contributed by atoms with Crippen molar-refractivity contribution in [2.45, 2.75) is 39.4 Å². The second kappa shape index (κ2) is 7.08. The molecule has 0 unspecified atom stereocenters. The van der Waals surface area contributed by atoms with E-state index in [1.54, 1.807) is 4.68 Å². The third-order valence-corrected chi connectivity index (χ3v) is 3.02. The van der Waals surface area contributed by atoms with Crippen LogP contribution in [0.25, 0.3) is 0 Å². The second-order valence-electron chi connectivity index (χ2n) is 4.20. The molecule has 0 amide bonds. The average molecular weight is 313 g/mol. The van der Waals surface area contributed by atoms with Crippen LogP contribution in [0.1, 0.15) is 25.2 Å². The summed E-state index contributed by atoms with van der Waals surface area (Å²) in [6.45, 7) is 2.24. The molecule has 1 aromatic heterocycles. The van der Waals surface area contributed by atoms with Crippen molar-refractivity contribution in [2.24, 2.45) is 0 Å². The second-order valence-corrected chi connectivity index (χ2v) is 4.58. The summed E-state index contributed by atoms with van der Waals surface area (Å²) in [5.41, 5.74) is 1.19. The van der Waals surface area contributed by atoms with Crippen molar-refractivity contribution in [3.8, 4) is 0 Å². The number of ketones is 1. The molecule has 0 aliphatic heterocycles. The molecular weight excluding hydrogens is 297 g/mol. The van der Waals surface area contributed by atoms with E-state index in [1.165, 1.54) is 0 Å². The maximum absolute atomic E-state index is 11.9. The van der Waals surface area contributed by atoms with Crippen LogP contribution in [0.4, 0.5) is 13.2 Å². The highest BCUT2D eigenvalue weighted by Gasteiger charge is 2.28. The molecule has 0 atom stereocenters. The van der Waals surface area contributed by atoms with Gasteiger partial charge in [0.05, 0.1) is 22.8 Å². The number of carbonyl (C=O) groups excluding carboxylic acids is 1. The Labute approximate surface area is 119 Å². The summed E-state index contributed by atoms with van der Waals surface area (Å²) in [4.78, 5) is 11.6. The summed E-state index contributed by atoms with van der Waals surface area (Å²) in [6.07, 6.45) is -3.90. The number of Topliss-reactive ketones (excluding diaryl/α,β-unsaturated/α-hetero) is 1. The zero-order valence-electron chi connectivity index (χ0n) is 11.3. The number of hydrogen-bond acceptors (Lipinski definition) is 3. The topological polar surface area (TPSA) is 44.1 Å². The number of carbonyl (C=O) groups is 1. The first-order chi connectivity index (χ1) is 9.28. The number of hydrogen-bond donors (Lipinski definition) is 0. The first-order valence-corrected chi connectivity index (χ1v) is 6.56. The zero-order valence-corrected chi connectivity index (χ0v) is 12.0. The number of alkyl halides is 3. The molecule has 0 aliphatic carbocycles. The Morgan fingerprint density at radius 1 is 1.40 bits per heavy atom. The van der Waals surface area contributed by atoms with Crippen molar-refractivity contribution < 1.29 is 22.7 Å². The maximum atomic E-state index is 11.9. The Kier molecular flexibility index (Phi) is 6.01. The molecule has 8 heteroatoms. The summed E-state index contributed by atoms with van der Waals surface area (Å²) in [5, 5.41) is 4.63. The molecule has 0 spiro atoms. The van der Waals surface area contributed by atoms with E-state index < -0.39 is 25.2 Å². The van der Waals surface area contributed by atoms with E-state index in [4.69, 9.17) is 11.6 Å². The maximum Gasteiger partial charge on any atom is 0.411 e. The van der Waals surface area contributed by atoms with Crippen molar-refractivity contribution in [1.82, 2.24) is 9.78 Å². The molecule has 1 heterocycles. The summed E-state index contributed by atoms with van der Waals surface area (Å²) in [5.74, 6) is -0.464. The van der Waals surface area contributed by atoms with Crippen LogP contribution in [0.3, 0.4) is 0 Å². The van der Waals surface area contributed by atoms with Crippen molar-refractivity contribution in [3.05, 3.63) is 16.4 Å². The standard InChI is InChI=1S/C12H16ClF3N2O2/c1-3-9-11(13)10(18(4-2)17-9)5-8(19)6-20-7-12(14,15)16/h3-7H2,1-2H3. The van der Waals surface area contributed by atoms with E-state index in [9.17, 15) is 18.0 Å². The van der Waals surface area contributed by atoms with Gasteiger partial charge in [-0.25, -0.2) is 0 Å². The Balaban J connectivity index is 2.64. The summed E-state index contributed by atoms with van der Waals surface area (Å²) < 4.78 is 41.6. The average Bonchev–Trinajstić information content (AvgIpc) is 2.64. The lowest BCUT2D eigenvalue weighted by molar-refractivity contribution is -0.175. The van der Waals surface area contributed by atoms with Gasteiger partial charge in [-0.3, -0.25) is 9.48 Å². The fourth-order valence-corrected chi connectivity index (χ4v) is 2.04. The van der Waals surface area contributed by atoms with Gasteiger partial charge in [-0.2, -0.15) is 18.3 Å². The molecule has 0 aromatic carbocycles.